The molecule has 4 rings (SSSR count). The third kappa shape index (κ3) is 5.33. The lowest BCUT2D eigenvalue weighted by Gasteiger charge is -2.30. The van der Waals surface area contributed by atoms with E-state index in [1.807, 2.05) is 43.3 Å². The average Bonchev–Trinajstić information content (AvgIpc) is 2.80. The van der Waals surface area contributed by atoms with E-state index in [1.165, 1.54) is 12.1 Å². The average molecular weight is 515 g/mol. The first kappa shape index (κ1) is 23.2. The molecule has 1 aromatic heterocycles. The Hall–Kier alpha value is -2.98. The molecule has 0 spiro atoms. The zero-order valence-corrected chi connectivity index (χ0v) is 20.2. The van der Waals surface area contributed by atoms with Gasteiger partial charge in [0.15, 0.2) is 0 Å². The summed E-state index contributed by atoms with van der Waals surface area (Å²) in [6, 6.07) is 11.3. The Kier molecular flexibility index (Phi) is 6.94. The Labute approximate surface area is 200 Å². The number of halogens is 1. The summed E-state index contributed by atoms with van der Waals surface area (Å²) in [6.45, 7) is 0.370. The van der Waals surface area contributed by atoms with E-state index >= 15 is 0 Å². The highest BCUT2D eigenvalue weighted by molar-refractivity contribution is 9.10. The molecule has 174 valence electrons. The Morgan fingerprint density at radius 2 is 1.85 bits per heavy atom. The van der Waals surface area contributed by atoms with Crippen molar-refractivity contribution in [3.05, 3.63) is 56.5 Å². The molecule has 1 aliphatic carbocycles. The summed E-state index contributed by atoms with van der Waals surface area (Å²) in [7, 11) is 3.96. The molecular weight excluding hydrogens is 488 g/mol. The first-order valence-electron chi connectivity index (χ1n) is 10.9. The zero-order valence-electron chi connectivity index (χ0n) is 18.6. The second kappa shape index (κ2) is 9.88. The van der Waals surface area contributed by atoms with Crippen molar-refractivity contribution in [3.8, 4) is 5.75 Å². The number of benzene rings is 2. The molecule has 3 N–H and O–H groups in total. The minimum Gasteiger partial charge on any atom is -0.506 e. The van der Waals surface area contributed by atoms with Crippen LogP contribution in [0.4, 0.5) is 17.5 Å². The molecule has 2 aromatic carbocycles. The van der Waals surface area contributed by atoms with Crippen LogP contribution >= 0.6 is 15.9 Å². The van der Waals surface area contributed by atoms with E-state index in [0.29, 0.717) is 22.5 Å². The Morgan fingerprint density at radius 1 is 1.15 bits per heavy atom. The van der Waals surface area contributed by atoms with Gasteiger partial charge in [0, 0.05) is 55.8 Å². The van der Waals surface area contributed by atoms with Gasteiger partial charge in [-0.2, -0.15) is 4.98 Å². The lowest BCUT2D eigenvalue weighted by atomic mass is 9.91. The third-order valence-electron chi connectivity index (χ3n) is 5.99. The monoisotopic (exact) mass is 514 g/mol. The van der Waals surface area contributed by atoms with Gasteiger partial charge < -0.3 is 20.6 Å². The number of fused-ring (bicyclic) bond motifs is 1. The third-order valence-corrected chi connectivity index (χ3v) is 6.59. The van der Waals surface area contributed by atoms with Crippen LogP contribution in [0.15, 0.2) is 40.9 Å². The van der Waals surface area contributed by atoms with Gasteiger partial charge in [-0.15, -0.1) is 0 Å². The highest BCUT2D eigenvalue weighted by Crippen LogP contribution is 2.33. The van der Waals surface area contributed by atoms with Crippen LogP contribution in [-0.4, -0.2) is 46.2 Å². The van der Waals surface area contributed by atoms with Crippen LogP contribution in [0.2, 0.25) is 0 Å². The maximum atomic E-state index is 11.1. The number of phenolic OH excluding ortho intramolecular Hbond substituents is 1. The topological polar surface area (TPSA) is 116 Å². The summed E-state index contributed by atoms with van der Waals surface area (Å²) in [5.41, 5.74) is 1.38. The maximum Gasteiger partial charge on any atom is 0.271 e. The maximum absolute atomic E-state index is 11.1. The molecule has 3 aromatic rings. The molecule has 0 unspecified atom stereocenters. The fourth-order valence-corrected chi connectivity index (χ4v) is 4.71. The van der Waals surface area contributed by atoms with E-state index in [1.54, 1.807) is 0 Å². The summed E-state index contributed by atoms with van der Waals surface area (Å²) in [6.07, 6.45) is 3.80. The van der Waals surface area contributed by atoms with Crippen LogP contribution in [0.5, 0.6) is 5.75 Å². The molecule has 0 aliphatic heterocycles. The van der Waals surface area contributed by atoms with Gasteiger partial charge in [-0.05, 0) is 53.7 Å². The molecule has 0 saturated heterocycles. The quantitative estimate of drug-likeness (QED) is 0.309. The molecule has 1 saturated carbocycles. The van der Waals surface area contributed by atoms with E-state index in [4.69, 9.17) is 9.97 Å². The first-order chi connectivity index (χ1) is 15.8. The largest absolute Gasteiger partial charge is 0.506 e. The molecule has 0 radical (unpaired) electrons. The first-order valence-corrected chi connectivity index (χ1v) is 11.7. The van der Waals surface area contributed by atoms with Crippen molar-refractivity contribution >= 4 is 44.3 Å². The van der Waals surface area contributed by atoms with Gasteiger partial charge in [-0.3, -0.25) is 10.1 Å². The molecule has 10 heteroatoms. The van der Waals surface area contributed by atoms with Gasteiger partial charge in [-0.25, -0.2) is 4.98 Å². The second-order valence-corrected chi connectivity index (χ2v) is 9.40. The number of nitro groups is 1. The summed E-state index contributed by atoms with van der Waals surface area (Å²) in [5.74, 6) is 1.56. The van der Waals surface area contributed by atoms with E-state index in [0.717, 1.165) is 42.4 Å². The van der Waals surface area contributed by atoms with E-state index in [9.17, 15) is 15.2 Å². The SMILES string of the molecule is CN(C)c1nc(NC2CCC(NCc3cc([N+](=O)[O-])cc(Br)c3O)CC2)nc2ccccc12. The van der Waals surface area contributed by atoms with Gasteiger partial charge >= 0.3 is 0 Å². The molecule has 1 aliphatic rings. The van der Waals surface area contributed by atoms with E-state index < -0.39 is 4.92 Å². The number of anilines is 2. The van der Waals surface area contributed by atoms with Crippen LogP contribution in [0.1, 0.15) is 31.2 Å². The second-order valence-electron chi connectivity index (χ2n) is 8.55. The van der Waals surface area contributed by atoms with Crippen molar-refractivity contribution in [1.29, 1.82) is 0 Å². The summed E-state index contributed by atoms with van der Waals surface area (Å²) < 4.78 is 0.328. The molecule has 0 atom stereocenters. The van der Waals surface area contributed by atoms with Crippen LogP contribution in [-0.2, 0) is 6.54 Å². The Morgan fingerprint density at radius 3 is 2.55 bits per heavy atom. The van der Waals surface area contributed by atoms with Gasteiger partial charge in [-0.1, -0.05) is 12.1 Å². The van der Waals surface area contributed by atoms with Crippen molar-refractivity contribution in [1.82, 2.24) is 15.3 Å². The number of nitrogens with one attached hydrogen (secondary N) is 2. The number of non-ortho nitro benzene ring substituents is 1. The smallest absolute Gasteiger partial charge is 0.271 e. The number of hydrogen-bond donors (Lipinski definition) is 3. The van der Waals surface area contributed by atoms with Crippen LogP contribution in [0.25, 0.3) is 10.9 Å². The van der Waals surface area contributed by atoms with E-state index in [2.05, 4.69) is 26.6 Å². The molecule has 1 fully saturated rings. The number of phenols is 1. The van der Waals surface area contributed by atoms with Gasteiger partial charge in [0.1, 0.15) is 11.6 Å². The molecular formula is C23H27BrN6O3. The highest BCUT2D eigenvalue weighted by Gasteiger charge is 2.23. The number of hydrogen-bond acceptors (Lipinski definition) is 8. The van der Waals surface area contributed by atoms with Crippen molar-refractivity contribution < 1.29 is 10.0 Å². The zero-order chi connectivity index (χ0) is 23.5. The fourth-order valence-electron chi connectivity index (χ4n) is 4.22. The van der Waals surface area contributed by atoms with Crippen molar-refractivity contribution in [2.45, 2.75) is 44.3 Å². The molecule has 0 bridgehead atoms. The van der Waals surface area contributed by atoms with Crippen LogP contribution < -0.4 is 15.5 Å². The minimum atomic E-state index is -0.457. The van der Waals surface area contributed by atoms with Gasteiger partial charge in [0.05, 0.1) is 14.9 Å². The fraction of sp³-hybridized carbons (Fsp3) is 0.391. The van der Waals surface area contributed by atoms with Crippen LogP contribution in [0, 0.1) is 10.1 Å². The normalized spacial score (nSPS) is 18.3. The number of para-hydroxylation sites is 1. The number of aromatic nitrogens is 2. The summed E-state index contributed by atoms with van der Waals surface area (Å²) >= 11 is 3.19. The standard InChI is InChI=1S/C23H27BrN6O3/c1-29(2)22-18-5-3-4-6-20(18)27-23(28-22)26-16-9-7-15(8-10-16)25-13-14-11-17(30(32)33)12-19(24)21(14)31/h3-6,11-12,15-16,25,31H,7-10,13H2,1-2H3,(H,26,27,28). The van der Waals surface area contributed by atoms with Crippen LogP contribution in [0.3, 0.4) is 0 Å². The lowest BCUT2D eigenvalue weighted by molar-refractivity contribution is -0.385. The lowest BCUT2D eigenvalue weighted by Crippen LogP contribution is -2.37. The number of nitro benzene ring substituents is 1. The van der Waals surface area contributed by atoms with Crippen molar-refractivity contribution in [3.63, 3.8) is 0 Å². The summed E-state index contributed by atoms with van der Waals surface area (Å²) in [5, 5.41) is 29.3. The van der Waals surface area contributed by atoms with Crippen molar-refractivity contribution in [2.24, 2.45) is 0 Å². The predicted molar refractivity (Wildman–Crippen MR) is 133 cm³/mol. The predicted octanol–water partition coefficient (Wildman–Crippen LogP) is 4.59. The highest BCUT2D eigenvalue weighted by atomic mass is 79.9. The number of rotatable bonds is 7. The molecule has 33 heavy (non-hydrogen) atoms. The molecule has 1 heterocycles. The summed E-state index contributed by atoms with van der Waals surface area (Å²) in [4.78, 5) is 22.1. The molecule has 9 nitrogen and oxygen atoms in total. The number of aromatic hydroxyl groups is 1. The van der Waals surface area contributed by atoms with Crippen molar-refractivity contribution in [2.75, 3.05) is 24.3 Å². The Bertz CT molecular complexity index is 1160. The minimum absolute atomic E-state index is 0.0357. The molecule has 0 amide bonds. The van der Waals surface area contributed by atoms with Gasteiger partial charge in [0.25, 0.3) is 5.69 Å². The number of nitrogens with zero attached hydrogens (tertiary/aromatic N) is 4. The Balaban J connectivity index is 1.36. The van der Waals surface area contributed by atoms with E-state index in [-0.39, 0.29) is 23.5 Å². The van der Waals surface area contributed by atoms with Gasteiger partial charge in [0.2, 0.25) is 5.95 Å².